The Bertz CT molecular complexity index is 805. The van der Waals surface area contributed by atoms with Crippen LogP contribution in [0.1, 0.15) is 33.1 Å². The molecule has 1 fully saturated rings. The summed E-state index contributed by atoms with van der Waals surface area (Å²) in [5.74, 6) is 0.824. The van der Waals surface area contributed by atoms with Crippen molar-refractivity contribution in [2.75, 3.05) is 38.4 Å². The third-order valence-corrected chi connectivity index (χ3v) is 6.49. The molecular formula is C21H31NO7S. The van der Waals surface area contributed by atoms with Crippen LogP contribution in [0.2, 0.25) is 0 Å². The number of hydrogen-bond acceptors (Lipinski definition) is 7. The van der Waals surface area contributed by atoms with E-state index in [2.05, 4.69) is 0 Å². The number of benzene rings is 1. The van der Waals surface area contributed by atoms with Crippen LogP contribution in [-0.2, 0) is 24.2 Å². The van der Waals surface area contributed by atoms with E-state index in [1.165, 1.54) is 0 Å². The first kappa shape index (κ1) is 24.0. The lowest BCUT2D eigenvalue weighted by atomic mass is 10.1. The van der Waals surface area contributed by atoms with Gasteiger partial charge in [0.15, 0.2) is 16.4 Å². The molecule has 0 saturated carbocycles. The van der Waals surface area contributed by atoms with E-state index in [9.17, 15) is 18.0 Å². The molecule has 0 radical (unpaired) electrons. The maximum Gasteiger partial charge on any atom is 0.306 e. The van der Waals surface area contributed by atoms with E-state index in [4.69, 9.17) is 14.2 Å². The van der Waals surface area contributed by atoms with Crippen molar-refractivity contribution >= 4 is 21.7 Å². The summed E-state index contributed by atoms with van der Waals surface area (Å²) in [5.41, 5.74) is 0. The second-order valence-corrected chi connectivity index (χ2v) is 10.0. The lowest BCUT2D eigenvalue weighted by molar-refractivity contribution is -0.153. The number of sulfone groups is 1. The lowest BCUT2D eigenvalue weighted by Crippen LogP contribution is -2.45. The van der Waals surface area contributed by atoms with Gasteiger partial charge < -0.3 is 19.1 Å². The van der Waals surface area contributed by atoms with E-state index in [0.717, 1.165) is 5.75 Å². The number of rotatable bonds is 11. The smallest absolute Gasteiger partial charge is 0.306 e. The highest BCUT2D eigenvalue weighted by Gasteiger charge is 2.35. The van der Waals surface area contributed by atoms with E-state index in [1.54, 1.807) is 36.3 Å². The van der Waals surface area contributed by atoms with Gasteiger partial charge in [0.05, 0.1) is 25.2 Å². The minimum absolute atomic E-state index is 0.0257. The molecule has 1 saturated heterocycles. The molecule has 1 aromatic rings. The predicted octanol–water partition coefficient (Wildman–Crippen LogP) is 2.07. The average Bonchev–Trinajstić information content (AvgIpc) is 3.07. The second kappa shape index (κ2) is 11.2. The number of esters is 1. The monoisotopic (exact) mass is 441 g/mol. The first-order valence-electron chi connectivity index (χ1n) is 10.1. The molecule has 1 unspecified atom stereocenters. The third-order valence-electron chi connectivity index (χ3n) is 4.74. The highest BCUT2D eigenvalue weighted by molar-refractivity contribution is 7.91. The van der Waals surface area contributed by atoms with Crippen molar-refractivity contribution in [1.29, 1.82) is 0 Å². The van der Waals surface area contributed by atoms with Crippen molar-refractivity contribution in [3.05, 3.63) is 24.3 Å². The van der Waals surface area contributed by atoms with Gasteiger partial charge in [0.25, 0.3) is 5.91 Å². The number of ether oxygens (including phenoxy) is 3. The van der Waals surface area contributed by atoms with Crippen LogP contribution in [0.5, 0.6) is 11.5 Å². The molecule has 1 aliphatic heterocycles. The van der Waals surface area contributed by atoms with Gasteiger partial charge in [0.2, 0.25) is 0 Å². The quantitative estimate of drug-likeness (QED) is 0.383. The van der Waals surface area contributed by atoms with Crippen LogP contribution >= 0.6 is 0 Å². The Morgan fingerprint density at radius 3 is 2.40 bits per heavy atom. The van der Waals surface area contributed by atoms with Crippen LogP contribution in [0.25, 0.3) is 0 Å². The Morgan fingerprint density at radius 2 is 1.83 bits per heavy atom. The van der Waals surface area contributed by atoms with E-state index < -0.39 is 15.8 Å². The molecule has 9 heteroatoms. The van der Waals surface area contributed by atoms with Gasteiger partial charge in [-0.2, -0.15) is 0 Å². The van der Waals surface area contributed by atoms with E-state index in [1.807, 2.05) is 13.8 Å². The molecule has 0 aliphatic carbocycles. The Hall–Kier alpha value is -2.29. The van der Waals surface area contributed by atoms with Gasteiger partial charge in [-0.3, -0.25) is 9.59 Å². The summed E-state index contributed by atoms with van der Waals surface area (Å²) < 4.78 is 39.3. The molecule has 1 aromatic carbocycles. The Morgan fingerprint density at radius 1 is 1.17 bits per heavy atom. The molecule has 1 amide bonds. The van der Waals surface area contributed by atoms with Crippen LogP contribution in [0.3, 0.4) is 0 Å². The molecule has 168 valence electrons. The average molecular weight is 442 g/mol. The van der Waals surface area contributed by atoms with Crippen LogP contribution in [0.4, 0.5) is 0 Å². The maximum absolute atomic E-state index is 12.6. The Labute approximate surface area is 178 Å². The zero-order valence-electron chi connectivity index (χ0n) is 17.8. The fourth-order valence-electron chi connectivity index (χ4n) is 3.24. The Kier molecular flexibility index (Phi) is 8.95. The predicted molar refractivity (Wildman–Crippen MR) is 112 cm³/mol. The molecule has 0 spiro atoms. The molecule has 2 rings (SSSR count). The van der Waals surface area contributed by atoms with Crippen LogP contribution in [-0.4, -0.2) is 69.6 Å². The van der Waals surface area contributed by atoms with Crippen molar-refractivity contribution in [3.8, 4) is 11.5 Å². The van der Waals surface area contributed by atoms with Gasteiger partial charge in [-0.1, -0.05) is 13.8 Å². The standard InChI is InChI=1S/C21H31NO7S/c1-16(2)13-22(17-10-12-30(25,26)15-17)20(23)14-29-21(24)5-4-11-28-19-8-6-18(27-3)7-9-19/h6-9,16-17H,4-5,10-15H2,1-3H3. The van der Waals surface area contributed by atoms with E-state index in [0.29, 0.717) is 31.7 Å². The van der Waals surface area contributed by atoms with Crippen molar-refractivity contribution in [3.63, 3.8) is 0 Å². The molecular weight excluding hydrogens is 410 g/mol. The van der Waals surface area contributed by atoms with Crippen molar-refractivity contribution in [2.24, 2.45) is 5.92 Å². The van der Waals surface area contributed by atoms with Gasteiger partial charge in [0, 0.05) is 19.0 Å². The number of nitrogens with zero attached hydrogens (tertiary/aromatic N) is 1. The molecule has 0 bridgehead atoms. The number of carbonyl (C=O) groups excluding carboxylic acids is 2. The van der Waals surface area contributed by atoms with Gasteiger partial charge in [-0.25, -0.2) is 8.42 Å². The summed E-state index contributed by atoms with van der Waals surface area (Å²) in [6.45, 7) is 4.32. The number of methoxy groups -OCH3 is 1. The van der Waals surface area contributed by atoms with E-state index >= 15 is 0 Å². The molecule has 1 aliphatic rings. The first-order valence-corrected chi connectivity index (χ1v) is 11.9. The highest BCUT2D eigenvalue weighted by Crippen LogP contribution is 2.20. The second-order valence-electron chi connectivity index (χ2n) is 7.79. The number of amides is 1. The van der Waals surface area contributed by atoms with Crippen molar-refractivity contribution < 1.29 is 32.2 Å². The topological polar surface area (TPSA) is 99.2 Å². The Balaban J connectivity index is 1.72. The maximum atomic E-state index is 12.6. The van der Waals surface area contributed by atoms with Crippen LogP contribution in [0.15, 0.2) is 24.3 Å². The summed E-state index contributed by atoms with van der Waals surface area (Å²) in [6.07, 6.45) is 1.01. The van der Waals surface area contributed by atoms with Gasteiger partial charge in [0.1, 0.15) is 11.5 Å². The summed E-state index contributed by atoms with van der Waals surface area (Å²) >= 11 is 0. The van der Waals surface area contributed by atoms with Crippen LogP contribution < -0.4 is 9.47 Å². The molecule has 0 aromatic heterocycles. The summed E-state index contributed by atoms with van der Waals surface area (Å²) in [5, 5.41) is 0. The number of carbonyl (C=O) groups is 2. The fourth-order valence-corrected chi connectivity index (χ4v) is 4.98. The third kappa shape index (κ3) is 7.85. The molecule has 1 atom stereocenters. The largest absolute Gasteiger partial charge is 0.497 e. The zero-order valence-corrected chi connectivity index (χ0v) is 18.7. The van der Waals surface area contributed by atoms with Crippen molar-refractivity contribution in [1.82, 2.24) is 4.90 Å². The first-order chi connectivity index (χ1) is 14.2. The SMILES string of the molecule is COc1ccc(OCCCC(=O)OCC(=O)N(CC(C)C)C2CCS(=O)(=O)C2)cc1. The molecule has 0 N–H and O–H groups in total. The fraction of sp³-hybridized carbons (Fsp3) is 0.619. The molecule has 30 heavy (non-hydrogen) atoms. The van der Waals surface area contributed by atoms with Gasteiger partial charge >= 0.3 is 5.97 Å². The highest BCUT2D eigenvalue weighted by atomic mass is 32.2. The van der Waals surface area contributed by atoms with Gasteiger partial charge in [-0.15, -0.1) is 0 Å². The minimum atomic E-state index is -3.11. The van der Waals surface area contributed by atoms with E-state index in [-0.39, 0.29) is 42.4 Å². The van der Waals surface area contributed by atoms with Crippen molar-refractivity contribution in [2.45, 2.75) is 39.2 Å². The molecule has 8 nitrogen and oxygen atoms in total. The normalized spacial score (nSPS) is 17.5. The zero-order chi connectivity index (χ0) is 22.1. The molecule has 1 heterocycles. The van der Waals surface area contributed by atoms with Crippen LogP contribution in [0, 0.1) is 5.92 Å². The van der Waals surface area contributed by atoms with Gasteiger partial charge in [-0.05, 0) is 43.0 Å². The summed E-state index contributed by atoms with van der Waals surface area (Å²) in [4.78, 5) is 26.1. The lowest BCUT2D eigenvalue weighted by Gasteiger charge is -2.29. The number of hydrogen-bond donors (Lipinski definition) is 0. The minimum Gasteiger partial charge on any atom is -0.497 e. The summed E-state index contributed by atoms with van der Waals surface area (Å²) in [6, 6.07) is 6.79. The summed E-state index contributed by atoms with van der Waals surface area (Å²) in [7, 11) is -1.52.